The Hall–Kier alpha value is -0.620. The van der Waals surface area contributed by atoms with Gasteiger partial charge in [0.05, 0.1) is 30.1 Å². The van der Waals surface area contributed by atoms with Crippen molar-refractivity contribution in [2.75, 3.05) is 13.1 Å². The Kier molecular flexibility index (Phi) is 6.45. The highest BCUT2D eigenvalue weighted by Crippen LogP contribution is 2.13. The van der Waals surface area contributed by atoms with Gasteiger partial charge in [-0.2, -0.15) is 0 Å². The molecule has 0 heterocycles. The van der Waals surface area contributed by atoms with Gasteiger partial charge in [-0.25, -0.2) is 13.1 Å². The lowest BCUT2D eigenvalue weighted by atomic mass is 10.2. The van der Waals surface area contributed by atoms with Gasteiger partial charge in [-0.05, 0) is 52.0 Å². The molecule has 0 aliphatic carbocycles. The Morgan fingerprint density at radius 1 is 1.10 bits per heavy atom. The largest absolute Gasteiger partial charge is 0.330 e. The number of nitrogens with one attached hydrogen (secondary N) is 2. The van der Waals surface area contributed by atoms with E-state index in [0.717, 1.165) is 6.54 Å². The van der Waals surface area contributed by atoms with Crippen LogP contribution in [0.3, 0.4) is 0 Å². The van der Waals surface area contributed by atoms with Crippen LogP contribution in [-0.2, 0) is 10.0 Å². The minimum atomic E-state index is -3.45. The Bertz CT molecular complexity index is 504. The van der Waals surface area contributed by atoms with E-state index in [0.29, 0.717) is 23.7 Å². The first kappa shape index (κ1) is 17.4. The zero-order valence-electron chi connectivity index (χ0n) is 12.5. The Morgan fingerprint density at radius 2 is 1.60 bits per heavy atom. The number of sulfonamides is 1. The van der Waals surface area contributed by atoms with Gasteiger partial charge < -0.3 is 4.90 Å². The summed E-state index contributed by atoms with van der Waals surface area (Å²) in [4.78, 5) is 1.63. The molecule has 1 aromatic carbocycles. The summed E-state index contributed by atoms with van der Waals surface area (Å²) < 4.78 is 26.8. The number of hydrogen-bond donors (Lipinski definition) is 2. The SMILES string of the molecule is CC(C)[NH+](CCNS(=O)(=O)c1ccc(Cl)cc1)C(C)C. The van der Waals surface area contributed by atoms with Gasteiger partial charge in [0.2, 0.25) is 10.0 Å². The minimum Gasteiger partial charge on any atom is -0.330 e. The van der Waals surface area contributed by atoms with Crippen LogP contribution < -0.4 is 9.62 Å². The number of quaternary nitrogens is 1. The molecule has 0 aromatic heterocycles. The summed E-state index contributed by atoms with van der Waals surface area (Å²) >= 11 is 5.76. The molecule has 6 heteroatoms. The molecule has 1 aromatic rings. The van der Waals surface area contributed by atoms with E-state index in [1.165, 1.54) is 17.0 Å². The van der Waals surface area contributed by atoms with Crippen LogP contribution >= 0.6 is 11.6 Å². The van der Waals surface area contributed by atoms with Gasteiger partial charge in [0.25, 0.3) is 0 Å². The first-order chi connectivity index (χ1) is 9.24. The summed E-state index contributed by atoms with van der Waals surface area (Å²) in [6.45, 7) is 9.76. The molecule has 0 fully saturated rings. The van der Waals surface area contributed by atoms with Crippen molar-refractivity contribution in [1.82, 2.24) is 4.72 Å². The molecule has 0 saturated heterocycles. The normalized spacial score (nSPS) is 12.6. The van der Waals surface area contributed by atoms with Crippen molar-refractivity contribution >= 4 is 21.6 Å². The number of hydrogen-bond acceptors (Lipinski definition) is 2. The standard InChI is InChI=1S/C14H23ClN2O2S/c1-11(2)17(12(3)4)10-9-16-20(18,19)14-7-5-13(15)6-8-14/h5-8,11-12,16H,9-10H2,1-4H3/p+1. The third-order valence-electron chi connectivity index (χ3n) is 3.31. The van der Waals surface area contributed by atoms with E-state index in [1.807, 2.05) is 0 Å². The molecule has 114 valence electrons. The first-order valence-electron chi connectivity index (χ1n) is 6.85. The molecule has 2 N–H and O–H groups in total. The summed E-state index contributed by atoms with van der Waals surface area (Å²) in [7, 11) is -3.45. The van der Waals surface area contributed by atoms with Crippen LogP contribution in [0.15, 0.2) is 29.2 Å². The minimum absolute atomic E-state index is 0.248. The second-order valence-corrected chi connectivity index (χ2v) is 7.69. The molecule has 0 aliphatic heterocycles. The van der Waals surface area contributed by atoms with Crippen LogP contribution in [0.5, 0.6) is 0 Å². The molecule has 4 nitrogen and oxygen atoms in total. The van der Waals surface area contributed by atoms with Gasteiger partial charge in [0.1, 0.15) is 0 Å². The van der Waals surface area contributed by atoms with Gasteiger partial charge in [0.15, 0.2) is 0 Å². The number of halogens is 1. The number of benzene rings is 1. The zero-order valence-corrected chi connectivity index (χ0v) is 14.1. The van der Waals surface area contributed by atoms with Crippen LogP contribution in [0.2, 0.25) is 5.02 Å². The highest BCUT2D eigenvalue weighted by molar-refractivity contribution is 7.89. The highest BCUT2D eigenvalue weighted by Gasteiger charge is 2.19. The molecule has 0 saturated carbocycles. The van der Waals surface area contributed by atoms with E-state index in [2.05, 4.69) is 32.4 Å². The molecule has 0 amide bonds. The van der Waals surface area contributed by atoms with Gasteiger partial charge in [-0.15, -0.1) is 0 Å². The molecule has 0 atom stereocenters. The summed E-state index contributed by atoms with van der Waals surface area (Å²) in [5.74, 6) is 0. The predicted octanol–water partition coefficient (Wildman–Crippen LogP) is 1.32. The van der Waals surface area contributed by atoms with Crippen molar-refractivity contribution in [3.05, 3.63) is 29.3 Å². The summed E-state index contributed by atoms with van der Waals surface area (Å²) in [6.07, 6.45) is 0. The Morgan fingerprint density at radius 3 is 2.05 bits per heavy atom. The highest BCUT2D eigenvalue weighted by atomic mass is 35.5. The molecule has 0 unspecified atom stereocenters. The molecule has 0 bridgehead atoms. The van der Waals surface area contributed by atoms with Crippen LogP contribution in [-0.4, -0.2) is 33.6 Å². The van der Waals surface area contributed by atoms with Crippen LogP contribution in [0, 0.1) is 0 Å². The van der Waals surface area contributed by atoms with Crippen molar-refractivity contribution in [3.8, 4) is 0 Å². The van der Waals surface area contributed by atoms with E-state index in [1.54, 1.807) is 12.1 Å². The average Bonchev–Trinajstić information content (AvgIpc) is 2.34. The fourth-order valence-electron chi connectivity index (χ4n) is 2.27. The van der Waals surface area contributed by atoms with E-state index < -0.39 is 10.0 Å². The summed E-state index contributed by atoms with van der Waals surface area (Å²) in [5.41, 5.74) is 0. The molecule has 0 spiro atoms. The fourth-order valence-corrected chi connectivity index (χ4v) is 3.43. The first-order valence-corrected chi connectivity index (χ1v) is 8.71. The third-order valence-corrected chi connectivity index (χ3v) is 5.04. The average molecular weight is 320 g/mol. The molecule has 0 aliphatic rings. The van der Waals surface area contributed by atoms with Crippen molar-refractivity contribution in [2.24, 2.45) is 0 Å². The smallest absolute Gasteiger partial charge is 0.240 e. The quantitative estimate of drug-likeness (QED) is 0.796. The zero-order chi connectivity index (χ0) is 15.3. The van der Waals surface area contributed by atoms with Crippen molar-refractivity contribution < 1.29 is 13.3 Å². The van der Waals surface area contributed by atoms with Gasteiger partial charge >= 0.3 is 0 Å². The second-order valence-electron chi connectivity index (χ2n) is 5.49. The molecule has 1 rings (SSSR count). The van der Waals surface area contributed by atoms with Crippen LogP contribution in [0.25, 0.3) is 0 Å². The fraction of sp³-hybridized carbons (Fsp3) is 0.571. The monoisotopic (exact) mass is 319 g/mol. The molecule has 0 radical (unpaired) electrons. The number of rotatable bonds is 7. The molecule has 20 heavy (non-hydrogen) atoms. The van der Waals surface area contributed by atoms with Crippen molar-refractivity contribution in [3.63, 3.8) is 0 Å². The maximum absolute atomic E-state index is 12.1. The van der Waals surface area contributed by atoms with Gasteiger partial charge in [-0.3, -0.25) is 0 Å². The van der Waals surface area contributed by atoms with Gasteiger partial charge in [0, 0.05) is 5.02 Å². The van der Waals surface area contributed by atoms with E-state index in [9.17, 15) is 8.42 Å². The lowest BCUT2D eigenvalue weighted by molar-refractivity contribution is -0.941. The second kappa shape index (κ2) is 7.41. The van der Waals surface area contributed by atoms with Crippen molar-refractivity contribution in [1.29, 1.82) is 0 Å². The van der Waals surface area contributed by atoms with E-state index in [-0.39, 0.29) is 4.90 Å². The van der Waals surface area contributed by atoms with Crippen molar-refractivity contribution in [2.45, 2.75) is 44.7 Å². The van der Waals surface area contributed by atoms with Gasteiger partial charge in [-0.1, -0.05) is 11.6 Å². The summed E-state index contributed by atoms with van der Waals surface area (Å²) in [5, 5.41) is 0.527. The maximum Gasteiger partial charge on any atom is 0.240 e. The summed E-state index contributed by atoms with van der Waals surface area (Å²) in [6, 6.07) is 7.12. The Balaban J connectivity index is 2.62. The predicted molar refractivity (Wildman–Crippen MR) is 82.7 cm³/mol. The lowest BCUT2D eigenvalue weighted by Crippen LogP contribution is -3.18. The van der Waals surface area contributed by atoms with Crippen LogP contribution in [0.4, 0.5) is 0 Å². The molecular formula is C14H24ClN2O2S+. The topological polar surface area (TPSA) is 50.6 Å². The van der Waals surface area contributed by atoms with E-state index >= 15 is 0 Å². The maximum atomic E-state index is 12.1. The van der Waals surface area contributed by atoms with Crippen LogP contribution in [0.1, 0.15) is 27.7 Å². The molecular weight excluding hydrogens is 296 g/mol. The third kappa shape index (κ3) is 5.05. The lowest BCUT2D eigenvalue weighted by Gasteiger charge is -2.27. The Labute approximate surface area is 127 Å². The van der Waals surface area contributed by atoms with E-state index in [4.69, 9.17) is 11.6 Å².